The number of aliphatic hydroxyl groups is 1. The van der Waals surface area contributed by atoms with Crippen LogP contribution in [0.25, 0.3) is 10.2 Å². The number of aliphatic hydroxyl groups excluding tert-OH is 1. The molecule has 2 unspecified atom stereocenters. The van der Waals surface area contributed by atoms with Crippen molar-refractivity contribution in [2.75, 3.05) is 0 Å². The number of thiophene rings is 1. The van der Waals surface area contributed by atoms with Gasteiger partial charge in [-0.05, 0) is 24.3 Å². The number of fused-ring (bicyclic) bond motifs is 1. The first-order valence-corrected chi connectivity index (χ1v) is 8.00. The molecule has 0 amide bonds. The summed E-state index contributed by atoms with van der Waals surface area (Å²) in [6.45, 7) is 0.489. The number of H-pyrrole nitrogens is 1. The Bertz CT molecular complexity index is 637. The van der Waals surface area contributed by atoms with Crippen molar-refractivity contribution in [3.63, 3.8) is 0 Å². The molecule has 2 atom stereocenters. The maximum Gasteiger partial charge on any atom is 0.268 e. The van der Waals surface area contributed by atoms with E-state index in [1.807, 2.05) is 11.4 Å². The number of aromatic nitrogens is 2. The van der Waals surface area contributed by atoms with Gasteiger partial charge in [0.15, 0.2) is 0 Å². The van der Waals surface area contributed by atoms with Crippen LogP contribution in [-0.2, 0) is 6.54 Å². The number of hydrogen-bond acceptors (Lipinski definition) is 5. The summed E-state index contributed by atoms with van der Waals surface area (Å²) in [6.07, 6.45) is 4.95. The Balaban J connectivity index is 1.71. The molecule has 20 heavy (non-hydrogen) atoms. The van der Waals surface area contributed by atoms with Crippen LogP contribution in [-0.4, -0.2) is 27.2 Å². The quantitative estimate of drug-likeness (QED) is 0.754. The predicted molar refractivity (Wildman–Crippen MR) is 80.0 cm³/mol. The van der Waals surface area contributed by atoms with E-state index in [-0.39, 0.29) is 17.7 Å². The van der Waals surface area contributed by atoms with E-state index in [2.05, 4.69) is 15.3 Å². The molecule has 2 aromatic heterocycles. The molecule has 2 aromatic rings. The van der Waals surface area contributed by atoms with Gasteiger partial charge in [0.2, 0.25) is 0 Å². The number of nitrogens with zero attached hydrogens (tertiary/aromatic N) is 1. The highest BCUT2D eigenvalue weighted by molar-refractivity contribution is 7.17. The standard InChI is InChI=1S/C14H19N3O2S/c18-11-5-3-1-2-4-9(11)15-8-12-16-10-6-7-20-13(10)14(19)17-12/h6-7,9,11,15,18H,1-5,8H2,(H,16,17,19). The molecular weight excluding hydrogens is 274 g/mol. The van der Waals surface area contributed by atoms with Crippen LogP contribution in [0.1, 0.15) is 37.9 Å². The number of hydrogen-bond donors (Lipinski definition) is 3. The Kier molecular flexibility index (Phi) is 4.14. The molecule has 0 spiro atoms. The van der Waals surface area contributed by atoms with Gasteiger partial charge in [0.25, 0.3) is 5.56 Å². The Hall–Kier alpha value is -1.24. The first kappa shape index (κ1) is 13.7. The normalized spacial score (nSPS) is 23.9. The van der Waals surface area contributed by atoms with Crippen molar-refractivity contribution in [3.05, 3.63) is 27.6 Å². The van der Waals surface area contributed by atoms with E-state index in [9.17, 15) is 9.90 Å². The number of nitrogens with one attached hydrogen (secondary N) is 2. The molecular formula is C14H19N3O2S. The van der Waals surface area contributed by atoms with Crippen LogP contribution in [0.4, 0.5) is 0 Å². The third-order valence-corrected chi connectivity index (χ3v) is 4.78. The summed E-state index contributed by atoms with van der Waals surface area (Å²) in [4.78, 5) is 19.1. The van der Waals surface area contributed by atoms with Crippen LogP contribution in [0.15, 0.2) is 16.2 Å². The lowest BCUT2D eigenvalue weighted by Gasteiger charge is -2.21. The maximum atomic E-state index is 11.9. The van der Waals surface area contributed by atoms with Crippen molar-refractivity contribution < 1.29 is 5.11 Å². The van der Waals surface area contributed by atoms with Gasteiger partial charge >= 0.3 is 0 Å². The topological polar surface area (TPSA) is 78.0 Å². The monoisotopic (exact) mass is 293 g/mol. The van der Waals surface area contributed by atoms with Crippen molar-refractivity contribution in [1.82, 2.24) is 15.3 Å². The third-order valence-electron chi connectivity index (χ3n) is 3.88. The number of rotatable bonds is 3. The predicted octanol–water partition coefficient (Wildman–Crippen LogP) is 1.77. The fraction of sp³-hybridized carbons (Fsp3) is 0.571. The lowest BCUT2D eigenvalue weighted by molar-refractivity contribution is 0.119. The van der Waals surface area contributed by atoms with E-state index in [0.29, 0.717) is 17.1 Å². The molecule has 1 aliphatic carbocycles. The lowest BCUT2D eigenvalue weighted by atomic mass is 10.1. The highest BCUT2D eigenvalue weighted by Gasteiger charge is 2.21. The van der Waals surface area contributed by atoms with Gasteiger partial charge in [-0.25, -0.2) is 4.98 Å². The van der Waals surface area contributed by atoms with Crippen LogP contribution in [0, 0.1) is 0 Å². The Morgan fingerprint density at radius 1 is 1.40 bits per heavy atom. The van der Waals surface area contributed by atoms with Crippen molar-refractivity contribution in [2.45, 2.75) is 50.8 Å². The van der Waals surface area contributed by atoms with Crippen molar-refractivity contribution >= 4 is 21.6 Å². The second-order valence-electron chi connectivity index (χ2n) is 5.34. The van der Waals surface area contributed by atoms with Gasteiger partial charge < -0.3 is 15.4 Å². The molecule has 0 radical (unpaired) electrons. The van der Waals surface area contributed by atoms with Gasteiger partial charge in [-0.15, -0.1) is 11.3 Å². The molecule has 1 aliphatic rings. The molecule has 2 heterocycles. The highest BCUT2D eigenvalue weighted by Crippen LogP contribution is 2.18. The zero-order valence-corrected chi connectivity index (χ0v) is 12.1. The Morgan fingerprint density at radius 2 is 2.25 bits per heavy atom. The Labute approximate surface area is 121 Å². The molecule has 0 bridgehead atoms. The van der Waals surface area contributed by atoms with Gasteiger partial charge in [0.05, 0.1) is 18.2 Å². The first-order valence-electron chi connectivity index (χ1n) is 7.12. The zero-order chi connectivity index (χ0) is 13.9. The SMILES string of the molecule is O=c1[nH]c(CNC2CCCCCC2O)nc2ccsc12. The van der Waals surface area contributed by atoms with Crippen molar-refractivity contribution in [2.24, 2.45) is 0 Å². The molecule has 0 aromatic carbocycles. The summed E-state index contributed by atoms with van der Waals surface area (Å²) < 4.78 is 0.670. The minimum atomic E-state index is -0.297. The van der Waals surface area contributed by atoms with Crippen LogP contribution < -0.4 is 10.9 Å². The minimum Gasteiger partial charge on any atom is -0.392 e. The molecule has 5 nitrogen and oxygen atoms in total. The molecule has 1 fully saturated rings. The molecule has 108 valence electrons. The van der Waals surface area contributed by atoms with Gasteiger partial charge in [-0.3, -0.25) is 4.79 Å². The lowest BCUT2D eigenvalue weighted by Crippen LogP contribution is -2.39. The average Bonchev–Trinajstić information content (AvgIpc) is 2.81. The zero-order valence-electron chi connectivity index (χ0n) is 11.3. The van der Waals surface area contributed by atoms with Crippen LogP contribution in [0.2, 0.25) is 0 Å². The molecule has 0 aliphatic heterocycles. The van der Waals surface area contributed by atoms with Crippen LogP contribution in [0.3, 0.4) is 0 Å². The smallest absolute Gasteiger partial charge is 0.268 e. The van der Waals surface area contributed by atoms with Gasteiger partial charge in [-0.1, -0.05) is 19.3 Å². The van der Waals surface area contributed by atoms with Gasteiger partial charge in [0.1, 0.15) is 10.5 Å². The average molecular weight is 293 g/mol. The number of aromatic amines is 1. The van der Waals surface area contributed by atoms with Crippen LogP contribution in [0.5, 0.6) is 0 Å². The molecule has 1 saturated carbocycles. The fourth-order valence-electron chi connectivity index (χ4n) is 2.76. The van der Waals surface area contributed by atoms with Gasteiger partial charge in [-0.2, -0.15) is 0 Å². The van der Waals surface area contributed by atoms with Crippen LogP contribution >= 0.6 is 11.3 Å². The molecule has 6 heteroatoms. The first-order chi connectivity index (χ1) is 9.74. The van der Waals surface area contributed by atoms with E-state index < -0.39 is 0 Å². The molecule has 3 rings (SSSR count). The van der Waals surface area contributed by atoms with E-state index in [1.54, 1.807) is 0 Å². The second kappa shape index (κ2) is 6.03. The summed E-state index contributed by atoms with van der Waals surface area (Å²) in [7, 11) is 0. The molecule has 3 N–H and O–H groups in total. The summed E-state index contributed by atoms with van der Waals surface area (Å²) in [5, 5.41) is 15.3. The third kappa shape index (κ3) is 2.92. The summed E-state index contributed by atoms with van der Waals surface area (Å²) in [5.74, 6) is 0.636. The van der Waals surface area contributed by atoms with E-state index in [0.717, 1.165) is 31.2 Å². The second-order valence-corrected chi connectivity index (χ2v) is 6.26. The summed E-state index contributed by atoms with van der Waals surface area (Å²) in [5.41, 5.74) is 0.667. The van der Waals surface area contributed by atoms with Crippen molar-refractivity contribution in [1.29, 1.82) is 0 Å². The summed E-state index contributed by atoms with van der Waals surface area (Å²) in [6, 6.07) is 1.96. The fourth-order valence-corrected chi connectivity index (χ4v) is 3.48. The van der Waals surface area contributed by atoms with Crippen molar-refractivity contribution in [3.8, 4) is 0 Å². The van der Waals surface area contributed by atoms with E-state index in [1.165, 1.54) is 17.8 Å². The Morgan fingerprint density at radius 3 is 3.15 bits per heavy atom. The highest BCUT2D eigenvalue weighted by atomic mass is 32.1. The minimum absolute atomic E-state index is 0.0804. The van der Waals surface area contributed by atoms with E-state index in [4.69, 9.17) is 0 Å². The summed E-state index contributed by atoms with van der Waals surface area (Å²) >= 11 is 1.41. The van der Waals surface area contributed by atoms with Gasteiger partial charge in [0, 0.05) is 6.04 Å². The van der Waals surface area contributed by atoms with E-state index >= 15 is 0 Å². The molecule has 0 saturated heterocycles. The maximum absolute atomic E-state index is 11.9. The largest absolute Gasteiger partial charge is 0.392 e.